The van der Waals surface area contributed by atoms with Gasteiger partial charge in [0.25, 0.3) is 0 Å². The predicted octanol–water partition coefficient (Wildman–Crippen LogP) is -2.19. The first-order valence-corrected chi connectivity index (χ1v) is 4.53. The van der Waals surface area contributed by atoms with E-state index >= 15 is 0 Å². The van der Waals surface area contributed by atoms with Crippen molar-refractivity contribution in [3.05, 3.63) is 0 Å². The molecule has 0 aliphatic carbocycles. The van der Waals surface area contributed by atoms with E-state index in [2.05, 4.69) is 5.32 Å². The maximum absolute atomic E-state index is 9.48. The van der Waals surface area contributed by atoms with Crippen molar-refractivity contribution in [1.29, 1.82) is 0 Å². The van der Waals surface area contributed by atoms with Gasteiger partial charge in [-0.2, -0.15) is 0 Å². The van der Waals surface area contributed by atoms with Crippen LogP contribution in [0.5, 0.6) is 0 Å². The van der Waals surface area contributed by atoms with Gasteiger partial charge in [0.05, 0.1) is 31.0 Å². The quantitative estimate of drug-likeness (QED) is 0.349. The van der Waals surface area contributed by atoms with Crippen LogP contribution in [0.4, 0.5) is 0 Å². The van der Waals surface area contributed by atoms with Gasteiger partial charge in [0.15, 0.2) is 0 Å². The van der Waals surface area contributed by atoms with Crippen LogP contribution in [0.25, 0.3) is 0 Å². The third-order valence-corrected chi connectivity index (χ3v) is 2.58. The van der Waals surface area contributed by atoms with E-state index in [1.165, 1.54) is 0 Å². The summed E-state index contributed by atoms with van der Waals surface area (Å²) in [6.07, 6.45) is -2.23. The van der Waals surface area contributed by atoms with E-state index < -0.39 is 31.0 Å². The summed E-state index contributed by atoms with van der Waals surface area (Å²) >= 11 is 0. The minimum absolute atomic E-state index is 0.207. The lowest BCUT2D eigenvalue weighted by Crippen LogP contribution is -2.45. The third-order valence-electron chi connectivity index (χ3n) is 2.58. The molecule has 1 rings (SSSR count). The summed E-state index contributed by atoms with van der Waals surface area (Å²) in [6.45, 7) is 1.46. The van der Waals surface area contributed by atoms with Crippen molar-refractivity contribution >= 4 is 0 Å². The third kappa shape index (κ3) is 2.00. The molecule has 5 N–H and O–H groups in total. The minimum Gasteiger partial charge on any atom is -0.394 e. The first-order chi connectivity index (χ1) is 6.11. The number of aliphatic hydroxyl groups excluding tert-OH is 4. The molecule has 1 aliphatic rings. The SMILES string of the molecule is CC[C@H]1N[C@@H]([C@@H](O)CO)[C@H](O)[C@@H]1O. The average Bonchev–Trinajstić information content (AvgIpc) is 2.43. The van der Waals surface area contributed by atoms with Crippen LogP contribution < -0.4 is 5.32 Å². The fraction of sp³-hybridized carbons (Fsp3) is 1.00. The van der Waals surface area contributed by atoms with Gasteiger partial charge in [-0.15, -0.1) is 0 Å². The maximum atomic E-state index is 9.48. The van der Waals surface area contributed by atoms with Gasteiger partial charge in [0.1, 0.15) is 0 Å². The average molecular weight is 191 g/mol. The van der Waals surface area contributed by atoms with Crippen molar-refractivity contribution in [1.82, 2.24) is 5.32 Å². The molecule has 0 aromatic heterocycles. The highest BCUT2D eigenvalue weighted by Gasteiger charge is 2.42. The molecular weight excluding hydrogens is 174 g/mol. The summed E-state index contributed by atoms with van der Waals surface area (Å²) in [4.78, 5) is 0. The molecule has 0 saturated carbocycles. The summed E-state index contributed by atoms with van der Waals surface area (Å²) < 4.78 is 0. The van der Waals surface area contributed by atoms with Crippen LogP contribution in [-0.4, -0.2) is 57.4 Å². The Labute approximate surface area is 77.0 Å². The van der Waals surface area contributed by atoms with Gasteiger partial charge in [0, 0.05) is 6.04 Å². The van der Waals surface area contributed by atoms with Crippen LogP contribution >= 0.6 is 0 Å². The zero-order chi connectivity index (χ0) is 10.0. The summed E-state index contributed by atoms with van der Waals surface area (Å²) in [7, 11) is 0. The molecule has 0 spiro atoms. The fourth-order valence-corrected chi connectivity index (χ4v) is 1.71. The second-order valence-electron chi connectivity index (χ2n) is 3.44. The molecule has 0 aromatic carbocycles. The van der Waals surface area contributed by atoms with Gasteiger partial charge >= 0.3 is 0 Å². The highest BCUT2D eigenvalue weighted by Crippen LogP contribution is 2.18. The summed E-state index contributed by atoms with van der Waals surface area (Å²) in [5, 5.41) is 39.8. The monoisotopic (exact) mass is 191 g/mol. The van der Waals surface area contributed by atoms with Crippen molar-refractivity contribution in [3.63, 3.8) is 0 Å². The molecule has 5 heteroatoms. The van der Waals surface area contributed by atoms with Crippen molar-refractivity contribution < 1.29 is 20.4 Å². The Bertz CT molecular complexity index is 166. The molecule has 5 nitrogen and oxygen atoms in total. The predicted molar refractivity (Wildman–Crippen MR) is 46.1 cm³/mol. The van der Waals surface area contributed by atoms with Crippen LogP contribution in [-0.2, 0) is 0 Å². The Kier molecular flexibility index (Phi) is 3.63. The largest absolute Gasteiger partial charge is 0.394 e. The van der Waals surface area contributed by atoms with E-state index in [4.69, 9.17) is 5.11 Å². The smallest absolute Gasteiger partial charge is 0.0993 e. The van der Waals surface area contributed by atoms with Gasteiger partial charge in [-0.3, -0.25) is 0 Å². The molecular formula is C8H17NO4. The molecule has 5 atom stereocenters. The molecule has 0 radical (unpaired) electrons. The molecule has 0 unspecified atom stereocenters. The van der Waals surface area contributed by atoms with E-state index in [1.54, 1.807) is 0 Å². The molecule has 78 valence electrons. The van der Waals surface area contributed by atoms with Crippen LogP contribution in [0.1, 0.15) is 13.3 Å². The Morgan fingerprint density at radius 1 is 1.31 bits per heavy atom. The van der Waals surface area contributed by atoms with Crippen molar-refractivity contribution in [2.45, 2.75) is 43.7 Å². The topological polar surface area (TPSA) is 93.0 Å². The normalized spacial score (nSPS) is 42.2. The molecule has 0 bridgehead atoms. The zero-order valence-corrected chi connectivity index (χ0v) is 7.59. The molecule has 0 aromatic rings. The van der Waals surface area contributed by atoms with Gasteiger partial charge in [-0.25, -0.2) is 0 Å². The number of nitrogens with one attached hydrogen (secondary N) is 1. The highest BCUT2D eigenvalue weighted by atomic mass is 16.3. The van der Waals surface area contributed by atoms with Crippen LogP contribution in [0.3, 0.4) is 0 Å². The van der Waals surface area contributed by atoms with E-state index in [9.17, 15) is 15.3 Å². The molecule has 0 amide bonds. The molecule has 1 heterocycles. The van der Waals surface area contributed by atoms with Crippen molar-refractivity contribution in [2.75, 3.05) is 6.61 Å². The minimum atomic E-state index is -1.03. The lowest BCUT2D eigenvalue weighted by Gasteiger charge is -2.19. The first kappa shape index (κ1) is 10.9. The Balaban J connectivity index is 2.60. The second-order valence-corrected chi connectivity index (χ2v) is 3.44. The summed E-state index contributed by atoms with van der Waals surface area (Å²) in [5.74, 6) is 0. The zero-order valence-electron chi connectivity index (χ0n) is 7.59. The van der Waals surface area contributed by atoms with E-state index in [0.717, 1.165) is 0 Å². The fourth-order valence-electron chi connectivity index (χ4n) is 1.71. The van der Waals surface area contributed by atoms with E-state index in [-0.39, 0.29) is 6.04 Å². The molecule has 13 heavy (non-hydrogen) atoms. The van der Waals surface area contributed by atoms with E-state index in [1.807, 2.05) is 6.92 Å². The van der Waals surface area contributed by atoms with E-state index in [0.29, 0.717) is 6.42 Å². The Morgan fingerprint density at radius 2 is 1.92 bits per heavy atom. The lowest BCUT2D eigenvalue weighted by molar-refractivity contribution is -0.0130. The van der Waals surface area contributed by atoms with Gasteiger partial charge in [0.2, 0.25) is 0 Å². The lowest BCUT2D eigenvalue weighted by atomic mass is 10.0. The van der Waals surface area contributed by atoms with Crippen LogP contribution in [0.15, 0.2) is 0 Å². The van der Waals surface area contributed by atoms with Gasteiger partial charge in [-0.05, 0) is 6.42 Å². The van der Waals surface area contributed by atoms with Gasteiger partial charge < -0.3 is 25.7 Å². The van der Waals surface area contributed by atoms with Crippen molar-refractivity contribution in [3.8, 4) is 0 Å². The molecule has 1 aliphatic heterocycles. The number of rotatable bonds is 3. The number of hydrogen-bond acceptors (Lipinski definition) is 5. The second kappa shape index (κ2) is 4.34. The standard InChI is InChI=1S/C8H17NO4/c1-2-4-7(12)8(13)6(9-4)5(11)3-10/h4-13H,2-3H2,1H3/t4-,5+,6+,7-,8+/m1/s1. The van der Waals surface area contributed by atoms with Crippen LogP contribution in [0.2, 0.25) is 0 Å². The molecule has 1 saturated heterocycles. The Morgan fingerprint density at radius 3 is 2.31 bits per heavy atom. The summed E-state index contributed by atoms with van der Waals surface area (Å²) in [6, 6.07) is -0.842. The van der Waals surface area contributed by atoms with Gasteiger partial charge in [-0.1, -0.05) is 6.92 Å². The maximum Gasteiger partial charge on any atom is 0.0993 e. The number of hydrogen-bond donors (Lipinski definition) is 5. The summed E-state index contributed by atoms with van der Waals surface area (Å²) in [5.41, 5.74) is 0. The molecule has 1 fully saturated rings. The first-order valence-electron chi connectivity index (χ1n) is 4.53. The van der Waals surface area contributed by atoms with Crippen LogP contribution in [0, 0.1) is 0 Å². The number of aliphatic hydroxyl groups is 4. The van der Waals surface area contributed by atoms with Crippen molar-refractivity contribution in [2.24, 2.45) is 0 Å². The Hall–Kier alpha value is -0.200. The highest BCUT2D eigenvalue weighted by molar-refractivity contribution is 5.00.